The topological polar surface area (TPSA) is 51.2 Å². The van der Waals surface area contributed by atoms with Crippen LogP contribution in [0.15, 0.2) is 0 Å². The minimum absolute atomic E-state index is 0.134. The summed E-state index contributed by atoms with van der Waals surface area (Å²) in [5.74, 6) is 2.66. The largest absolute Gasteiger partial charge is 0.300 e. The third-order valence-corrected chi connectivity index (χ3v) is 8.08. The Morgan fingerprint density at radius 3 is 2.38 bits per heavy atom. The highest BCUT2D eigenvalue weighted by Gasteiger charge is 2.60. The number of carbonyl (C=O) groups excluding carboxylic acids is 3. The van der Waals surface area contributed by atoms with Gasteiger partial charge in [0.2, 0.25) is 0 Å². The van der Waals surface area contributed by atoms with Crippen LogP contribution in [0.5, 0.6) is 0 Å². The minimum Gasteiger partial charge on any atom is -0.300 e. The molecule has 24 heavy (non-hydrogen) atoms. The second-order valence-corrected chi connectivity index (χ2v) is 9.24. The maximum absolute atomic E-state index is 12.8. The second-order valence-electron chi connectivity index (χ2n) is 9.24. The molecule has 3 aliphatic rings. The fourth-order valence-electron chi connectivity index (χ4n) is 6.70. The number of rotatable bonds is 4. The molecule has 134 valence electrons. The molecule has 0 spiro atoms. The molecule has 0 aromatic carbocycles. The van der Waals surface area contributed by atoms with Crippen LogP contribution in [-0.4, -0.2) is 17.3 Å². The van der Waals surface area contributed by atoms with E-state index in [1.165, 1.54) is 0 Å². The van der Waals surface area contributed by atoms with E-state index >= 15 is 0 Å². The molecule has 0 unspecified atom stereocenters. The molecule has 0 heterocycles. The van der Waals surface area contributed by atoms with Crippen molar-refractivity contribution >= 4 is 17.3 Å². The van der Waals surface area contributed by atoms with Gasteiger partial charge in [0.15, 0.2) is 0 Å². The van der Waals surface area contributed by atoms with E-state index in [0.717, 1.165) is 32.1 Å². The molecule has 0 aromatic rings. The highest BCUT2D eigenvalue weighted by atomic mass is 16.1. The number of carbonyl (C=O) groups is 3. The van der Waals surface area contributed by atoms with E-state index in [0.29, 0.717) is 48.6 Å². The van der Waals surface area contributed by atoms with Gasteiger partial charge in [-0.1, -0.05) is 13.8 Å². The number of hydrogen-bond acceptors (Lipinski definition) is 3. The quantitative estimate of drug-likeness (QED) is 0.768. The fourth-order valence-corrected chi connectivity index (χ4v) is 6.70. The van der Waals surface area contributed by atoms with E-state index in [1.54, 1.807) is 13.8 Å². The summed E-state index contributed by atoms with van der Waals surface area (Å²) in [6, 6.07) is 0. The van der Waals surface area contributed by atoms with Crippen LogP contribution in [0, 0.1) is 34.5 Å². The third-order valence-electron chi connectivity index (χ3n) is 8.08. The first-order chi connectivity index (χ1) is 11.2. The van der Waals surface area contributed by atoms with Gasteiger partial charge in [-0.2, -0.15) is 0 Å². The van der Waals surface area contributed by atoms with Gasteiger partial charge in [-0.15, -0.1) is 0 Å². The van der Waals surface area contributed by atoms with Gasteiger partial charge in [-0.3, -0.25) is 9.59 Å². The smallest absolute Gasteiger partial charge is 0.139 e. The Bertz CT molecular complexity index is 565. The summed E-state index contributed by atoms with van der Waals surface area (Å²) in [6.45, 7) is 7.83. The molecular weight excluding hydrogens is 300 g/mol. The molecule has 3 aliphatic carbocycles. The van der Waals surface area contributed by atoms with E-state index in [1.807, 2.05) is 0 Å². The molecule has 0 aliphatic heterocycles. The van der Waals surface area contributed by atoms with Crippen LogP contribution in [0.3, 0.4) is 0 Å². The van der Waals surface area contributed by atoms with Gasteiger partial charge >= 0.3 is 0 Å². The maximum Gasteiger partial charge on any atom is 0.139 e. The van der Waals surface area contributed by atoms with Crippen molar-refractivity contribution in [3.05, 3.63) is 0 Å². The molecule has 0 bridgehead atoms. The third kappa shape index (κ3) is 2.59. The van der Waals surface area contributed by atoms with Gasteiger partial charge < -0.3 is 4.79 Å². The molecular formula is C21H32O3. The first-order valence-corrected chi connectivity index (χ1v) is 9.73. The lowest BCUT2D eigenvalue weighted by Gasteiger charge is -2.55. The van der Waals surface area contributed by atoms with Crippen molar-refractivity contribution in [3.63, 3.8) is 0 Å². The fraction of sp³-hybridized carbons (Fsp3) is 0.857. The minimum atomic E-state index is -0.329. The lowest BCUT2D eigenvalue weighted by Crippen LogP contribution is -2.52. The zero-order valence-corrected chi connectivity index (χ0v) is 15.7. The van der Waals surface area contributed by atoms with Crippen molar-refractivity contribution in [2.75, 3.05) is 0 Å². The molecule has 3 saturated carbocycles. The van der Waals surface area contributed by atoms with E-state index in [4.69, 9.17) is 0 Å². The Balaban J connectivity index is 1.87. The van der Waals surface area contributed by atoms with Crippen LogP contribution in [0.2, 0.25) is 0 Å². The molecule has 3 nitrogen and oxygen atoms in total. The van der Waals surface area contributed by atoms with Crippen molar-refractivity contribution in [2.24, 2.45) is 34.5 Å². The van der Waals surface area contributed by atoms with Crippen molar-refractivity contribution in [2.45, 2.75) is 79.1 Å². The summed E-state index contributed by atoms with van der Waals surface area (Å²) in [6.07, 6.45) is 7.15. The van der Waals surface area contributed by atoms with Crippen molar-refractivity contribution in [3.8, 4) is 0 Å². The summed E-state index contributed by atoms with van der Waals surface area (Å²) in [5.41, 5.74) is -0.195. The van der Waals surface area contributed by atoms with Crippen molar-refractivity contribution in [1.82, 2.24) is 0 Å². The normalized spacial score (nSPS) is 44.8. The van der Waals surface area contributed by atoms with Crippen LogP contribution in [0.25, 0.3) is 0 Å². The van der Waals surface area contributed by atoms with Crippen LogP contribution in [-0.2, 0) is 14.4 Å². The van der Waals surface area contributed by atoms with Gasteiger partial charge in [0.25, 0.3) is 0 Å². The first kappa shape index (κ1) is 17.8. The Hall–Kier alpha value is -0.990. The standard InChI is InChI=1S/C21H32O3/c1-13(22)9-11-21(4)18-10-12-20(3)16(14(2)23)6-7-17(20)15(18)5-8-19(21)24/h15-18H,5-12H2,1-4H3/t15-,16+,17-,18-,20-,21+/m1/s1. The summed E-state index contributed by atoms with van der Waals surface area (Å²) in [7, 11) is 0. The number of ketones is 3. The first-order valence-electron chi connectivity index (χ1n) is 9.73. The number of fused-ring (bicyclic) bond motifs is 3. The van der Waals surface area contributed by atoms with Gasteiger partial charge in [-0.05, 0) is 75.5 Å². The average Bonchev–Trinajstić information content (AvgIpc) is 2.86. The van der Waals surface area contributed by atoms with Crippen molar-refractivity contribution < 1.29 is 14.4 Å². The second kappa shape index (κ2) is 6.07. The van der Waals surface area contributed by atoms with Gasteiger partial charge in [0.1, 0.15) is 17.3 Å². The Labute approximate surface area is 146 Å². The Morgan fingerprint density at radius 2 is 1.75 bits per heavy atom. The van der Waals surface area contributed by atoms with Crippen LogP contribution in [0.1, 0.15) is 79.1 Å². The molecule has 3 rings (SSSR count). The highest BCUT2D eigenvalue weighted by molar-refractivity contribution is 5.86. The molecule has 0 N–H and O–H groups in total. The summed E-state index contributed by atoms with van der Waals surface area (Å²) in [5, 5.41) is 0. The summed E-state index contributed by atoms with van der Waals surface area (Å²) in [4.78, 5) is 36.4. The van der Waals surface area contributed by atoms with E-state index in [2.05, 4.69) is 13.8 Å². The molecule has 3 fully saturated rings. The number of hydrogen-bond donors (Lipinski definition) is 0. The molecule has 0 amide bonds. The molecule has 6 atom stereocenters. The average molecular weight is 332 g/mol. The van der Waals surface area contributed by atoms with E-state index in [-0.39, 0.29) is 22.5 Å². The Morgan fingerprint density at radius 1 is 1.04 bits per heavy atom. The van der Waals surface area contributed by atoms with Gasteiger partial charge in [0, 0.05) is 24.2 Å². The zero-order valence-electron chi connectivity index (χ0n) is 15.7. The van der Waals surface area contributed by atoms with Crippen LogP contribution in [0.4, 0.5) is 0 Å². The summed E-state index contributed by atoms with van der Waals surface area (Å²) < 4.78 is 0. The highest BCUT2D eigenvalue weighted by Crippen LogP contribution is 2.64. The molecule has 0 saturated heterocycles. The molecule has 0 aromatic heterocycles. The van der Waals surface area contributed by atoms with Crippen LogP contribution >= 0.6 is 0 Å². The predicted molar refractivity (Wildman–Crippen MR) is 93.5 cm³/mol. The lowest BCUT2D eigenvalue weighted by atomic mass is 9.48. The van der Waals surface area contributed by atoms with E-state index in [9.17, 15) is 14.4 Å². The molecule has 3 heteroatoms. The lowest BCUT2D eigenvalue weighted by molar-refractivity contribution is -0.148. The van der Waals surface area contributed by atoms with Crippen LogP contribution < -0.4 is 0 Å². The predicted octanol–water partition coefficient (Wildman–Crippen LogP) is 4.37. The Kier molecular flexibility index (Phi) is 4.51. The number of Topliss-reactive ketones (excluding diaryl/α,β-unsaturated/α-hetero) is 3. The molecule has 0 radical (unpaired) electrons. The van der Waals surface area contributed by atoms with Crippen molar-refractivity contribution in [1.29, 1.82) is 0 Å². The van der Waals surface area contributed by atoms with E-state index < -0.39 is 0 Å². The SMILES string of the molecule is CC(=O)CC[C@]1(C)C(=O)CC[C@@H]2[C@H]3CC[C@@H](C(C)=O)[C@@]3(C)CC[C@H]21. The van der Waals surface area contributed by atoms with Gasteiger partial charge in [-0.25, -0.2) is 0 Å². The monoisotopic (exact) mass is 332 g/mol. The summed E-state index contributed by atoms with van der Waals surface area (Å²) >= 11 is 0. The van der Waals surface area contributed by atoms with Gasteiger partial charge in [0.05, 0.1) is 0 Å². The zero-order chi connectivity index (χ0) is 17.7. The maximum atomic E-state index is 12.8.